The maximum absolute atomic E-state index is 10.8. The molecule has 2 atom stereocenters. The summed E-state index contributed by atoms with van der Waals surface area (Å²) in [5.41, 5.74) is 4.96. The molecule has 0 bridgehead atoms. The van der Waals surface area contributed by atoms with Crippen molar-refractivity contribution in [2.75, 3.05) is 18.8 Å². The molecule has 0 spiro atoms. The average Bonchev–Trinajstić information content (AvgIpc) is 2.86. The summed E-state index contributed by atoms with van der Waals surface area (Å²) in [6, 6.07) is 0.279. The summed E-state index contributed by atoms with van der Waals surface area (Å²) in [6.07, 6.45) is 6.14. The lowest BCUT2D eigenvalue weighted by Gasteiger charge is -2.36. The van der Waals surface area contributed by atoms with E-state index in [2.05, 4.69) is 9.88 Å². The van der Waals surface area contributed by atoms with Crippen LogP contribution >= 0.6 is 11.3 Å². The molecule has 3 heterocycles. The van der Waals surface area contributed by atoms with Crippen molar-refractivity contribution in [2.45, 2.75) is 37.3 Å². The molecule has 0 amide bonds. The minimum atomic E-state index is -0.699. The van der Waals surface area contributed by atoms with E-state index in [4.69, 9.17) is 5.73 Å². The molecule has 88 valence electrons. The predicted octanol–water partition coefficient (Wildman–Crippen LogP) is 1.17. The lowest BCUT2D eigenvalue weighted by atomic mass is 9.88. The fraction of sp³-hybridized carbons (Fsp3) is 0.727. The van der Waals surface area contributed by atoms with Crippen LogP contribution in [0.25, 0.3) is 0 Å². The third-order valence-electron chi connectivity index (χ3n) is 3.90. The van der Waals surface area contributed by atoms with Crippen molar-refractivity contribution in [3.05, 3.63) is 11.1 Å². The number of piperidine rings is 1. The van der Waals surface area contributed by atoms with E-state index in [-0.39, 0.29) is 6.04 Å². The maximum Gasteiger partial charge on any atom is 0.180 e. The van der Waals surface area contributed by atoms with Gasteiger partial charge in [0.15, 0.2) is 5.13 Å². The number of nitrogens with two attached hydrogens (primary N) is 1. The van der Waals surface area contributed by atoms with Crippen LogP contribution in [0.4, 0.5) is 5.13 Å². The fourth-order valence-electron chi connectivity index (χ4n) is 3.06. The molecule has 0 saturated carbocycles. The molecule has 5 heteroatoms. The van der Waals surface area contributed by atoms with Gasteiger partial charge in [-0.15, -0.1) is 0 Å². The van der Waals surface area contributed by atoms with Gasteiger partial charge in [-0.3, -0.25) is 4.90 Å². The summed E-state index contributed by atoms with van der Waals surface area (Å²) in [4.78, 5) is 7.42. The molecule has 2 aliphatic heterocycles. The smallest absolute Gasteiger partial charge is 0.180 e. The Balaban J connectivity index is 1.92. The predicted molar refractivity (Wildman–Crippen MR) is 64.3 cm³/mol. The number of aromatic nitrogens is 1. The van der Waals surface area contributed by atoms with Gasteiger partial charge in [0.2, 0.25) is 0 Å². The van der Waals surface area contributed by atoms with Crippen molar-refractivity contribution < 1.29 is 5.11 Å². The topological polar surface area (TPSA) is 62.4 Å². The van der Waals surface area contributed by atoms with Gasteiger partial charge in [0.05, 0.1) is 4.88 Å². The number of hydrogen-bond acceptors (Lipinski definition) is 5. The van der Waals surface area contributed by atoms with E-state index >= 15 is 0 Å². The minimum absolute atomic E-state index is 0.279. The van der Waals surface area contributed by atoms with E-state index in [1.165, 1.54) is 24.2 Å². The van der Waals surface area contributed by atoms with Gasteiger partial charge >= 0.3 is 0 Å². The molecule has 16 heavy (non-hydrogen) atoms. The summed E-state index contributed by atoms with van der Waals surface area (Å²) < 4.78 is 0. The zero-order valence-electron chi connectivity index (χ0n) is 9.22. The van der Waals surface area contributed by atoms with E-state index in [1.807, 2.05) is 0 Å². The molecule has 0 radical (unpaired) electrons. The zero-order valence-corrected chi connectivity index (χ0v) is 10.0. The van der Waals surface area contributed by atoms with Crippen LogP contribution in [-0.4, -0.2) is 34.1 Å². The van der Waals surface area contributed by atoms with Crippen molar-refractivity contribution >= 4 is 16.5 Å². The number of rotatable bonds is 1. The molecule has 0 aromatic carbocycles. The molecular weight excluding hydrogens is 222 g/mol. The van der Waals surface area contributed by atoms with E-state index in [9.17, 15) is 5.11 Å². The first-order chi connectivity index (χ1) is 7.70. The lowest BCUT2D eigenvalue weighted by molar-refractivity contribution is -0.0109. The highest BCUT2D eigenvalue weighted by atomic mass is 32.1. The second kappa shape index (κ2) is 3.68. The second-order valence-corrected chi connectivity index (χ2v) is 5.85. The number of nitrogen functional groups attached to an aromatic ring is 1. The molecule has 1 aromatic heterocycles. The van der Waals surface area contributed by atoms with Crippen molar-refractivity contribution in [1.82, 2.24) is 9.88 Å². The molecule has 3 rings (SSSR count). The normalized spacial score (nSPS) is 35.2. The zero-order chi connectivity index (χ0) is 11.2. The summed E-state index contributed by atoms with van der Waals surface area (Å²) in [5, 5.41) is 11.4. The Hall–Kier alpha value is -0.650. The van der Waals surface area contributed by atoms with E-state index in [1.54, 1.807) is 6.20 Å². The first-order valence-corrected chi connectivity index (χ1v) is 6.70. The Bertz CT molecular complexity index is 394. The molecule has 3 N–H and O–H groups in total. The third-order valence-corrected chi connectivity index (χ3v) is 4.89. The SMILES string of the molecule is Nc1ncc(C2(O)CCN3CCCCC32)s1. The molecule has 2 aliphatic rings. The Morgan fingerprint density at radius 3 is 3.12 bits per heavy atom. The first kappa shape index (κ1) is 10.5. The van der Waals surface area contributed by atoms with Crippen LogP contribution in [0.15, 0.2) is 6.20 Å². The van der Waals surface area contributed by atoms with Gasteiger partial charge in [-0.1, -0.05) is 17.8 Å². The molecule has 2 unspecified atom stereocenters. The number of fused-ring (bicyclic) bond motifs is 1. The van der Waals surface area contributed by atoms with Crippen molar-refractivity contribution in [3.63, 3.8) is 0 Å². The van der Waals surface area contributed by atoms with Crippen LogP contribution in [0, 0.1) is 0 Å². The number of anilines is 1. The summed E-state index contributed by atoms with van der Waals surface area (Å²) in [7, 11) is 0. The summed E-state index contributed by atoms with van der Waals surface area (Å²) >= 11 is 1.43. The van der Waals surface area contributed by atoms with Crippen molar-refractivity contribution in [2.24, 2.45) is 0 Å². The number of aliphatic hydroxyl groups is 1. The number of thiazole rings is 1. The number of nitrogens with zero attached hydrogens (tertiary/aromatic N) is 2. The number of hydrogen-bond donors (Lipinski definition) is 2. The highest BCUT2D eigenvalue weighted by Crippen LogP contribution is 2.44. The monoisotopic (exact) mass is 239 g/mol. The highest BCUT2D eigenvalue weighted by molar-refractivity contribution is 7.15. The average molecular weight is 239 g/mol. The fourth-order valence-corrected chi connectivity index (χ4v) is 3.91. The Morgan fingerprint density at radius 2 is 2.38 bits per heavy atom. The van der Waals surface area contributed by atoms with Crippen LogP contribution in [0.2, 0.25) is 0 Å². The molecular formula is C11H17N3OS. The molecule has 2 saturated heterocycles. The summed E-state index contributed by atoms with van der Waals surface area (Å²) in [5.74, 6) is 0. The minimum Gasteiger partial charge on any atom is -0.383 e. The van der Waals surface area contributed by atoms with Gasteiger partial charge in [-0.2, -0.15) is 0 Å². The van der Waals surface area contributed by atoms with Gasteiger partial charge in [-0.05, 0) is 25.8 Å². The highest BCUT2D eigenvalue weighted by Gasteiger charge is 2.48. The van der Waals surface area contributed by atoms with Crippen LogP contribution in [0.3, 0.4) is 0 Å². The van der Waals surface area contributed by atoms with Crippen molar-refractivity contribution in [3.8, 4) is 0 Å². The van der Waals surface area contributed by atoms with E-state index < -0.39 is 5.60 Å². The van der Waals surface area contributed by atoms with E-state index in [0.717, 1.165) is 30.8 Å². The molecule has 2 fully saturated rings. The quantitative estimate of drug-likeness (QED) is 0.772. The largest absolute Gasteiger partial charge is 0.383 e. The Morgan fingerprint density at radius 1 is 1.50 bits per heavy atom. The van der Waals surface area contributed by atoms with Crippen molar-refractivity contribution in [1.29, 1.82) is 0 Å². The van der Waals surface area contributed by atoms with Crippen LogP contribution in [-0.2, 0) is 5.60 Å². The maximum atomic E-state index is 10.8. The molecule has 4 nitrogen and oxygen atoms in total. The van der Waals surface area contributed by atoms with Crippen LogP contribution in [0.5, 0.6) is 0 Å². The Labute approximate surface area is 99.1 Å². The lowest BCUT2D eigenvalue weighted by Crippen LogP contribution is -2.44. The Kier molecular flexibility index (Phi) is 2.42. The third kappa shape index (κ3) is 1.46. The van der Waals surface area contributed by atoms with Crippen LogP contribution in [0.1, 0.15) is 30.6 Å². The summed E-state index contributed by atoms with van der Waals surface area (Å²) in [6.45, 7) is 2.13. The second-order valence-electron chi connectivity index (χ2n) is 4.78. The molecule has 1 aromatic rings. The van der Waals surface area contributed by atoms with Gasteiger partial charge in [0.1, 0.15) is 5.60 Å². The standard InChI is InChI=1S/C11H17N3OS/c12-10-13-7-9(16-10)11(15)4-6-14-5-2-1-3-8(11)14/h7-8,15H,1-6H2,(H2,12,13). The first-order valence-electron chi connectivity index (χ1n) is 5.88. The van der Waals surface area contributed by atoms with Gasteiger partial charge < -0.3 is 10.8 Å². The van der Waals surface area contributed by atoms with Gasteiger partial charge in [0.25, 0.3) is 0 Å². The van der Waals surface area contributed by atoms with Crippen LogP contribution < -0.4 is 5.73 Å². The molecule has 0 aliphatic carbocycles. The van der Waals surface area contributed by atoms with Gasteiger partial charge in [0, 0.05) is 18.8 Å². The van der Waals surface area contributed by atoms with Gasteiger partial charge in [-0.25, -0.2) is 4.98 Å². The van der Waals surface area contributed by atoms with E-state index in [0.29, 0.717) is 5.13 Å².